The predicted molar refractivity (Wildman–Crippen MR) is 54.1 cm³/mol. The molecular weight excluding hydrogens is 184 g/mol. The van der Waals surface area contributed by atoms with Crippen molar-refractivity contribution in [3.8, 4) is 0 Å². The zero-order valence-electron chi connectivity index (χ0n) is 8.13. The summed E-state index contributed by atoms with van der Waals surface area (Å²) in [6.07, 6.45) is 7.20. The van der Waals surface area contributed by atoms with Crippen molar-refractivity contribution in [1.82, 2.24) is 9.55 Å². The third-order valence-corrected chi connectivity index (χ3v) is 3.41. The molecule has 2 atom stereocenters. The molecule has 1 saturated carbocycles. The van der Waals surface area contributed by atoms with Crippen LogP contribution in [-0.4, -0.2) is 14.9 Å². The Bertz CT molecular complexity index is 308. The Hall–Kier alpha value is -0.500. The van der Waals surface area contributed by atoms with E-state index < -0.39 is 0 Å². The predicted octanol–water partition coefficient (Wildman–Crippen LogP) is 2.47. The monoisotopic (exact) mass is 198 g/mol. The van der Waals surface area contributed by atoms with Crippen LogP contribution >= 0.6 is 11.6 Å². The second-order valence-electron chi connectivity index (χ2n) is 4.26. The summed E-state index contributed by atoms with van der Waals surface area (Å²) >= 11 is 6.13. The van der Waals surface area contributed by atoms with Crippen molar-refractivity contribution >= 4 is 11.6 Å². The molecule has 3 heteroatoms. The Morgan fingerprint density at radius 1 is 1.69 bits per heavy atom. The van der Waals surface area contributed by atoms with Crippen LogP contribution < -0.4 is 0 Å². The number of hydrogen-bond acceptors (Lipinski definition) is 1. The lowest BCUT2D eigenvalue weighted by Crippen LogP contribution is -2.22. The van der Waals surface area contributed by atoms with Crippen LogP contribution in [0.2, 0.25) is 0 Å². The van der Waals surface area contributed by atoms with E-state index in [0.29, 0.717) is 5.38 Å². The van der Waals surface area contributed by atoms with Crippen molar-refractivity contribution in [2.24, 2.45) is 7.05 Å². The SMILES string of the molecule is Cn1ccnc1C1(C)CCC(Cl)C1. The summed E-state index contributed by atoms with van der Waals surface area (Å²) in [6, 6.07) is 0. The number of nitrogens with zero attached hydrogens (tertiary/aromatic N) is 2. The van der Waals surface area contributed by atoms with Crippen LogP contribution in [0.15, 0.2) is 12.4 Å². The maximum Gasteiger partial charge on any atom is 0.114 e. The average Bonchev–Trinajstić information content (AvgIpc) is 2.59. The highest BCUT2D eigenvalue weighted by molar-refractivity contribution is 6.20. The van der Waals surface area contributed by atoms with Gasteiger partial charge in [-0.05, 0) is 19.3 Å². The van der Waals surface area contributed by atoms with Gasteiger partial charge in [-0.1, -0.05) is 6.92 Å². The standard InChI is InChI=1S/C10H15ClN2/c1-10(4-3-8(11)7-10)9-12-5-6-13(9)2/h5-6,8H,3-4,7H2,1-2H3. The molecule has 2 unspecified atom stereocenters. The van der Waals surface area contributed by atoms with Crippen molar-refractivity contribution in [3.63, 3.8) is 0 Å². The van der Waals surface area contributed by atoms with Gasteiger partial charge in [-0.15, -0.1) is 11.6 Å². The van der Waals surface area contributed by atoms with E-state index in [4.69, 9.17) is 11.6 Å². The lowest BCUT2D eigenvalue weighted by molar-refractivity contribution is 0.444. The Balaban J connectivity index is 2.30. The maximum atomic E-state index is 6.13. The topological polar surface area (TPSA) is 17.8 Å². The highest BCUT2D eigenvalue weighted by Gasteiger charge is 2.38. The Morgan fingerprint density at radius 2 is 2.46 bits per heavy atom. The molecule has 1 aromatic rings. The van der Waals surface area contributed by atoms with Crippen LogP contribution in [-0.2, 0) is 12.5 Å². The van der Waals surface area contributed by atoms with Gasteiger partial charge in [0.1, 0.15) is 5.82 Å². The molecule has 72 valence electrons. The second kappa shape index (κ2) is 3.02. The van der Waals surface area contributed by atoms with Gasteiger partial charge in [0, 0.05) is 30.2 Å². The minimum atomic E-state index is 0.199. The molecule has 1 heterocycles. The van der Waals surface area contributed by atoms with Gasteiger partial charge in [0.15, 0.2) is 0 Å². The van der Waals surface area contributed by atoms with Crippen molar-refractivity contribution in [2.75, 3.05) is 0 Å². The first-order valence-corrected chi connectivity index (χ1v) is 5.17. The van der Waals surface area contributed by atoms with E-state index in [0.717, 1.165) is 19.3 Å². The van der Waals surface area contributed by atoms with Crippen LogP contribution in [0.1, 0.15) is 32.0 Å². The normalized spacial score (nSPS) is 33.9. The Morgan fingerprint density at radius 3 is 2.92 bits per heavy atom. The fraction of sp³-hybridized carbons (Fsp3) is 0.700. The van der Waals surface area contributed by atoms with Crippen LogP contribution in [0.5, 0.6) is 0 Å². The van der Waals surface area contributed by atoms with Gasteiger partial charge < -0.3 is 4.57 Å². The molecule has 13 heavy (non-hydrogen) atoms. The molecule has 0 aliphatic heterocycles. The number of aromatic nitrogens is 2. The third-order valence-electron chi connectivity index (χ3n) is 3.04. The van der Waals surface area contributed by atoms with Gasteiger partial charge in [-0.2, -0.15) is 0 Å². The summed E-state index contributed by atoms with van der Waals surface area (Å²) in [5.41, 5.74) is 0.199. The number of imidazole rings is 1. The zero-order valence-corrected chi connectivity index (χ0v) is 8.88. The lowest BCUT2D eigenvalue weighted by Gasteiger charge is -2.22. The third kappa shape index (κ3) is 1.48. The molecule has 1 aliphatic rings. The molecule has 0 saturated heterocycles. The Labute approximate surface area is 83.9 Å². The number of halogens is 1. The molecule has 0 amide bonds. The molecule has 0 N–H and O–H groups in total. The molecule has 1 aliphatic carbocycles. The van der Waals surface area contributed by atoms with Crippen LogP contribution in [0.3, 0.4) is 0 Å². The van der Waals surface area contributed by atoms with Gasteiger partial charge in [-0.25, -0.2) is 4.98 Å². The largest absolute Gasteiger partial charge is 0.338 e. The number of hydrogen-bond donors (Lipinski definition) is 0. The van der Waals surface area contributed by atoms with Gasteiger partial charge in [0.05, 0.1) is 0 Å². The van der Waals surface area contributed by atoms with E-state index in [1.807, 2.05) is 12.4 Å². The average molecular weight is 199 g/mol. The van der Waals surface area contributed by atoms with Crippen LogP contribution in [0, 0.1) is 0 Å². The first-order chi connectivity index (χ1) is 6.12. The van der Waals surface area contributed by atoms with Crippen LogP contribution in [0.4, 0.5) is 0 Å². The highest BCUT2D eigenvalue weighted by atomic mass is 35.5. The molecule has 0 bridgehead atoms. The van der Waals surface area contributed by atoms with Gasteiger partial charge in [0.2, 0.25) is 0 Å². The summed E-state index contributed by atoms with van der Waals surface area (Å²) in [4.78, 5) is 4.41. The minimum absolute atomic E-state index is 0.199. The number of alkyl halides is 1. The van der Waals surface area contributed by atoms with Gasteiger partial charge in [0.25, 0.3) is 0 Å². The number of rotatable bonds is 1. The van der Waals surface area contributed by atoms with Crippen molar-refractivity contribution in [1.29, 1.82) is 0 Å². The summed E-state index contributed by atoms with van der Waals surface area (Å²) in [5, 5.41) is 0.335. The number of aryl methyl sites for hydroxylation is 1. The van der Waals surface area contributed by atoms with E-state index in [1.54, 1.807) is 0 Å². The first kappa shape index (κ1) is 9.07. The lowest BCUT2D eigenvalue weighted by atomic mass is 9.88. The molecule has 2 rings (SSSR count). The van der Waals surface area contributed by atoms with E-state index in [9.17, 15) is 0 Å². The van der Waals surface area contributed by atoms with Crippen molar-refractivity contribution in [2.45, 2.75) is 37.0 Å². The zero-order chi connectivity index (χ0) is 9.47. The molecule has 0 radical (unpaired) electrons. The molecule has 0 spiro atoms. The first-order valence-electron chi connectivity index (χ1n) is 4.74. The van der Waals surface area contributed by atoms with Crippen molar-refractivity contribution in [3.05, 3.63) is 18.2 Å². The molecule has 0 aromatic carbocycles. The smallest absolute Gasteiger partial charge is 0.114 e. The second-order valence-corrected chi connectivity index (χ2v) is 4.88. The maximum absolute atomic E-state index is 6.13. The fourth-order valence-corrected chi connectivity index (χ4v) is 2.77. The molecule has 2 nitrogen and oxygen atoms in total. The van der Waals surface area contributed by atoms with Gasteiger partial charge in [-0.3, -0.25) is 0 Å². The molecule has 1 fully saturated rings. The summed E-state index contributed by atoms with van der Waals surface area (Å²) in [7, 11) is 2.05. The minimum Gasteiger partial charge on any atom is -0.338 e. The fourth-order valence-electron chi connectivity index (χ4n) is 2.32. The quantitative estimate of drug-likeness (QED) is 0.634. The van der Waals surface area contributed by atoms with Gasteiger partial charge >= 0.3 is 0 Å². The Kier molecular flexibility index (Phi) is 2.11. The summed E-state index contributed by atoms with van der Waals surface area (Å²) in [6.45, 7) is 2.26. The summed E-state index contributed by atoms with van der Waals surface area (Å²) in [5.74, 6) is 1.18. The highest BCUT2D eigenvalue weighted by Crippen LogP contribution is 2.41. The molecular formula is C10H15ClN2. The van der Waals surface area contributed by atoms with E-state index >= 15 is 0 Å². The molecule has 1 aromatic heterocycles. The van der Waals surface area contributed by atoms with Crippen molar-refractivity contribution < 1.29 is 0 Å². The summed E-state index contributed by atoms with van der Waals surface area (Å²) < 4.78 is 2.11. The van der Waals surface area contributed by atoms with E-state index in [2.05, 4.69) is 23.5 Å². The van der Waals surface area contributed by atoms with E-state index in [-0.39, 0.29) is 5.41 Å². The van der Waals surface area contributed by atoms with Crippen LogP contribution in [0.25, 0.3) is 0 Å². The van der Waals surface area contributed by atoms with E-state index in [1.165, 1.54) is 5.82 Å².